The van der Waals surface area contributed by atoms with Crippen LogP contribution in [0.5, 0.6) is 0 Å². The molecule has 0 saturated carbocycles. The van der Waals surface area contributed by atoms with Crippen molar-refractivity contribution in [3.63, 3.8) is 0 Å². The normalized spacial score (nSPS) is 19.9. The van der Waals surface area contributed by atoms with Crippen LogP contribution < -0.4 is 5.32 Å². The second-order valence-electron chi connectivity index (χ2n) is 5.76. The number of rotatable bonds is 4. The lowest BCUT2D eigenvalue weighted by Crippen LogP contribution is -2.34. The molecule has 2 atom stereocenters. The SMILES string of the molecule is CN(C)C(=O)c1ccc(NC(=O)[C@@H]2CC=CC[C@H]2C(=O)O)cc1. The Morgan fingerprint density at radius 3 is 2.13 bits per heavy atom. The highest BCUT2D eigenvalue weighted by atomic mass is 16.4. The van der Waals surface area contributed by atoms with Gasteiger partial charge < -0.3 is 15.3 Å². The number of nitrogens with zero attached hydrogens (tertiary/aromatic N) is 1. The summed E-state index contributed by atoms with van der Waals surface area (Å²) in [7, 11) is 3.33. The number of benzene rings is 1. The predicted octanol–water partition coefficient (Wildman–Crippen LogP) is 1.99. The Morgan fingerprint density at radius 2 is 1.61 bits per heavy atom. The minimum absolute atomic E-state index is 0.119. The molecule has 0 unspecified atom stereocenters. The Kier molecular flexibility index (Phi) is 5.16. The van der Waals surface area contributed by atoms with E-state index in [1.54, 1.807) is 44.4 Å². The average Bonchev–Trinajstić information content (AvgIpc) is 2.54. The van der Waals surface area contributed by atoms with Crippen molar-refractivity contribution < 1.29 is 19.5 Å². The molecule has 6 heteroatoms. The number of carboxylic acid groups (broad SMARTS) is 1. The van der Waals surface area contributed by atoms with Gasteiger partial charge in [-0.25, -0.2) is 0 Å². The van der Waals surface area contributed by atoms with Crippen LogP contribution in [-0.2, 0) is 9.59 Å². The van der Waals surface area contributed by atoms with Gasteiger partial charge in [-0.15, -0.1) is 0 Å². The molecule has 0 fully saturated rings. The minimum Gasteiger partial charge on any atom is -0.481 e. The molecule has 2 amide bonds. The van der Waals surface area contributed by atoms with E-state index in [0.29, 0.717) is 24.1 Å². The molecule has 6 nitrogen and oxygen atoms in total. The Morgan fingerprint density at radius 1 is 1.04 bits per heavy atom. The van der Waals surface area contributed by atoms with Gasteiger partial charge in [-0.2, -0.15) is 0 Å². The fourth-order valence-corrected chi connectivity index (χ4v) is 2.57. The van der Waals surface area contributed by atoms with Gasteiger partial charge in [-0.05, 0) is 37.1 Å². The number of carbonyl (C=O) groups excluding carboxylic acids is 2. The average molecular weight is 316 g/mol. The summed E-state index contributed by atoms with van der Waals surface area (Å²) in [5, 5.41) is 11.9. The van der Waals surface area contributed by atoms with Crippen molar-refractivity contribution in [2.45, 2.75) is 12.8 Å². The van der Waals surface area contributed by atoms with Crippen molar-refractivity contribution >= 4 is 23.5 Å². The van der Waals surface area contributed by atoms with Gasteiger partial charge in [-0.3, -0.25) is 14.4 Å². The zero-order valence-corrected chi connectivity index (χ0v) is 13.2. The summed E-state index contributed by atoms with van der Waals surface area (Å²) in [5.41, 5.74) is 1.07. The molecule has 0 aromatic heterocycles. The Bertz CT molecular complexity index is 634. The van der Waals surface area contributed by atoms with Gasteiger partial charge in [0.25, 0.3) is 5.91 Å². The number of allylic oxidation sites excluding steroid dienone is 2. The van der Waals surface area contributed by atoms with Crippen molar-refractivity contribution in [2.24, 2.45) is 11.8 Å². The second-order valence-corrected chi connectivity index (χ2v) is 5.76. The maximum atomic E-state index is 12.3. The number of hydrogen-bond acceptors (Lipinski definition) is 3. The number of nitrogens with one attached hydrogen (secondary N) is 1. The van der Waals surface area contributed by atoms with E-state index < -0.39 is 17.8 Å². The third kappa shape index (κ3) is 3.97. The molecule has 0 saturated heterocycles. The van der Waals surface area contributed by atoms with E-state index in [9.17, 15) is 19.5 Å². The van der Waals surface area contributed by atoms with E-state index in [1.807, 2.05) is 6.08 Å². The van der Waals surface area contributed by atoms with Crippen LogP contribution >= 0.6 is 0 Å². The summed E-state index contributed by atoms with van der Waals surface area (Å²) < 4.78 is 0. The Labute approximate surface area is 134 Å². The molecule has 0 spiro atoms. The molecule has 1 aromatic carbocycles. The fraction of sp³-hybridized carbons (Fsp3) is 0.353. The summed E-state index contributed by atoms with van der Waals surface area (Å²) >= 11 is 0. The van der Waals surface area contributed by atoms with Crippen molar-refractivity contribution in [3.8, 4) is 0 Å². The number of amides is 2. The molecule has 1 aliphatic carbocycles. The third-order valence-electron chi connectivity index (χ3n) is 3.89. The summed E-state index contributed by atoms with van der Waals surface area (Å²) in [6.07, 6.45) is 4.41. The van der Waals surface area contributed by atoms with Crippen LogP contribution in [0, 0.1) is 11.8 Å². The summed E-state index contributed by atoms with van der Waals surface area (Å²) in [6.45, 7) is 0. The maximum absolute atomic E-state index is 12.3. The summed E-state index contributed by atoms with van der Waals surface area (Å²) in [4.78, 5) is 36.9. The lowest BCUT2D eigenvalue weighted by atomic mass is 9.82. The van der Waals surface area contributed by atoms with Crippen molar-refractivity contribution in [3.05, 3.63) is 42.0 Å². The number of anilines is 1. The largest absolute Gasteiger partial charge is 0.481 e. The second kappa shape index (κ2) is 7.09. The van der Waals surface area contributed by atoms with Crippen LogP contribution in [-0.4, -0.2) is 41.9 Å². The molecule has 1 aromatic rings. The molecule has 122 valence electrons. The zero-order valence-electron chi connectivity index (χ0n) is 13.2. The summed E-state index contributed by atoms with van der Waals surface area (Å²) in [5.74, 6) is -2.67. The van der Waals surface area contributed by atoms with Crippen LogP contribution in [0.1, 0.15) is 23.2 Å². The maximum Gasteiger partial charge on any atom is 0.307 e. The first-order valence-electron chi connectivity index (χ1n) is 7.40. The van der Waals surface area contributed by atoms with E-state index in [2.05, 4.69) is 5.32 Å². The van der Waals surface area contributed by atoms with Gasteiger partial charge in [0.15, 0.2) is 0 Å². The van der Waals surface area contributed by atoms with E-state index in [0.717, 1.165) is 0 Å². The van der Waals surface area contributed by atoms with Crippen LogP contribution in [0.2, 0.25) is 0 Å². The molecule has 0 aliphatic heterocycles. The molecular weight excluding hydrogens is 296 g/mol. The van der Waals surface area contributed by atoms with Gasteiger partial charge in [0, 0.05) is 25.3 Å². The van der Waals surface area contributed by atoms with E-state index in [1.165, 1.54) is 4.90 Å². The Hall–Kier alpha value is -2.63. The van der Waals surface area contributed by atoms with E-state index in [4.69, 9.17) is 0 Å². The van der Waals surface area contributed by atoms with Crippen molar-refractivity contribution in [2.75, 3.05) is 19.4 Å². The molecule has 23 heavy (non-hydrogen) atoms. The van der Waals surface area contributed by atoms with E-state index in [-0.39, 0.29) is 11.8 Å². The van der Waals surface area contributed by atoms with Crippen LogP contribution in [0.3, 0.4) is 0 Å². The molecule has 0 bridgehead atoms. The Balaban J connectivity index is 2.06. The van der Waals surface area contributed by atoms with Gasteiger partial charge in [0.05, 0.1) is 11.8 Å². The van der Waals surface area contributed by atoms with Crippen LogP contribution in [0.4, 0.5) is 5.69 Å². The summed E-state index contributed by atoms with van der Waals surface area (Å²) in [6, 6.07) is 6.55. The van der Waals surface area contributed by atoms with Gasteiger partial charge in [-0.1, -0.05) is 12.2 Å². The molecule has 2 rings (SSSR count). The molecular formula is C17H20N2O4. The number of aliphatic carboxylic acids is 1. The van der Waals surface area contributed by atoms with Crippen molar-refractivity contribution in [1.82, 2.24) is 4.90 Å². The monoisotopic (exact) mass is 316 g/mol. The van der Waals surface area contributed by atoms with Crippen molar-refractivity contribution in [1.29, 1.82) is 0 Å². The number of carboxylic acids is 1. The first kappa shape index (κ1) is 16.7. The highest BCUT2D eigenvalue weighted by Gasteiger charge is 2.33. The quantitative estimate of drug-likeness (QED) is 0.832. The standard InChI is InChI=1S/C17H20N2O4/c1-19(2)16(21)11-7-9-12(10-8-11)18-15(20)13-5-3-4-6-14(13)17(22)23/h3-4,7-10,13-14H,5-6H2,1-2H3,(H,18,20)(H,22,23)/t13-,14-/m1/s1. The zero-order chi connectivity index (χ0) is 17.0. The molecule has 2 N–H and O–H groups in total. The molecule has 0 heterocycles. The lowest BCUT2D eigenvalue weighted by molar-refractivity contribution is -0.146. The third-order valence-corrected chi connectivity index (χ3v) is 3.89. The highest BCUT2D eigenvalue weighted by molar-refractivity contribution is 5.97. The first-order chi connectivity index (χ1) is 10.9. The topological polar surface area (TPSA) is 86.7 Å². The van der Waals surface area contributed by atoms with Gasteiger partial charge >= 0.3 is 5.97 Å². The van der Waals surface area contributed by atoms with E-state index >= 15 is 0 Å². The molecule has 0 radical (unpaired) electrons. The number of carbonyl (C=O) groups is 3. The van der Waals surface area contributed by atoms with Crippen LogP contribution in [0.25, 0.3) is 0 Å². The first-order valence-corrected chi connectivity index (χ1v) is 7.40. The number of hydrogen-bond donors (Lipinski definition) is 2. The minimum atomic E-state index is -0.957. The molecule has 1 aliphatic rings. The van der Waals surface area contributed by atoms with Gasteiger partial charge in [0.2, 0.25) is 5.91 Å². The fourth-order valence-electron chi connectivity index (χ4n) is 2.57. The smallest absolute Gasteiger partial charge is 0.307 e. The predicted molar refractivity (Wildman–Crippen MR) is 86.1 cm³/mol. The van der Waals surface area contributed by atoms with Gasteiger partial charge in [0.1, 0.15) is 0 Å². The lowest BCUT2D eigenvalue weighted by Gasteiger charge is -2.24. The van der Waals surface area contributed by atoms with Crippen LogP contribution in [0.15, 0.2) is 36.4 Å². The highest BCUT2D eigenvalue weighted by Crippen LogP contribution is 2.27.